The van der Waals surface area contributed by atoms with E-state index >= 15 is 0 Å². The van der Waals surface area contributed by atoms with Crippen molar-refractivity contribution in [1.29, 1.82) is 0 Å². The molecular weight excluding hydrogens is 178 g/mol. The van der Waals surface area contributed by atoms with Crippen molar-refractivity contribution < 1.29 is 9.90 Å². The Labute approximate surface area is 82.8 Å². The number of carboxylic acids is 1. The standard InChI is InChI=1S/C11H13NO2/c13-11(14)10-6-8(10)7-12-9-4-2-1-3-5-9/h1-5,8,10,12H,6-7H2,(H,13,14)/t8-,10-/m1/s1. The maximum absolute atomic E-state index is 10.6. The van der Waals surface area contributed by atoms with Gasteiger partial charge in [0, 0.05) is 12.2 Å². The van der Waals surface area contributed by atoms with E-state index in [4.69, 9.17) is 5.11 Å². The molecule has 3 heteroatoms. The number of benzene rings is 1. The first kappa shape index (κ1) is 9.06. The number of hydrogen-bond acceptors (Lipinski definition) is 2. The molecule has 0 aromatic heterocycles. The summed E-state index contributed by atoms with van der Waals surface area (Å²) in [4.78, 5) is 10.6. The van der Waals surface area contributed by atoms with Crippen LogP contribution in [0, 0.1) is 11.8 Å². The van der Waals surface area contributed by atoms with Gasteiger partial charge in [0.05, 0.1) is 5.92 Å². The van der Waals surface area contributed by atoms with Gasteiger partial charge in [0.15, 0.2) is 0 Å². The largest absolute Gasteiger partial charge is 0.481 e. The number of carboxylic acid groups (broad SMARTS) is 1. The number of hydrogen-bond donors (Lipinski definition) is 2. The summed E-state index contributed by atoms with van der Waals surface area (Å²) in [5, 5.41) is 11.9. The molecule has 2 atom stereocenters. The molecule has 1 aliphatic rings. The van der Waals surface area contributed by atoms with Gasteiger partial charge in [-0.05, 0) is 24.5 Å². The fraction of sp³-hybridized carbons (Fsp3) is 0.364. The lowest BCUT2D eigenvalue weighted by Gasteiger charge is -2.04. The van der Waals surface area contributed by atoms with Crippen molar-refractivity contribution in [2.24, 2.45) is 11.8 Å². The highest BCUT2D eigenvalue weighted by molar-refractivity contribution is 5.73. The van der Waals surface area contributed by atoms with Crippen molar-refractivity contribution in [2.45, 2.75) is 6.42 Å². The average Bonchev–Trinajstić information content (AvgIpc) is 2.96. The lowest BCUT2D eigenvalue weighted by Crippen LogP contribution is -2.08. The van der Waals surface area contributed by atoms with Gasteiger partial charge in [0.1, 0.15) is 0 Å². The van der Waals surface area contributed by atoms with Crippen molar-refractivity contribution in [2.75, 3.05) is 11.9 Å². The molecule has 0 saturated heterocycles. The first-order chi connectivity index (χ1) is 6.77. The Kier molecular flexibility index (Phi) is 2.39. The molecule has 0 amide bonds. The van der Waals surface area contributed by atoms with Crippen LogP contribution in [0.25, 0.3) is 0 Å². The third kappa shape index (κ3) is 2.05. The Balaban J connectivity index is 1.77. The molecule has 0 heterocycles. The van der Waals surface area contributed by atoms with Gasteiger partial charge in [-0.25, -0.2) is 0 Å². The third-order valence-corrected chi connectivity index (χ3v) is 2.58. The van der Waals surface area contributed by atoms with E-state index in [1.54, 1.807) is 0 Å². The fourth-order valence-electron chi connectivity index (χ4n) is 1.58. The molecule has 0 radical (unpaired) electrons. The summed E-state index contributed by atoms with van der Waals surface area (Å²) in [5.74, 6) is -0.469. The smallest absolute Gasteiger partial charge is 0.306 e. The Morgan fingerprint density at radius 1 is 1.43 bits per heavy atom. The highest BCUT2D eigenvalue weighted by Crippen LogP contribution is 2.38. The second-order valence-corrected chi connectivity index (χ2v) is 3.69. The van der Waals surface area contributed by atoms with Gasteiger partial charge in [-0.2, -0.15) is 0 Å². The predicted octanol–water partition coefficient (Wildman–Crippen LogP) is 1.82. The SMILES string of the molecule is O=C(O)[C@@H]1C[C@@H]1CNc1ccccc1. The molecule has 14 heavy (non-hydrogen) atoms. The topological polar surface area (TPSA) is 49.3 Å². The number of nitrogens with one attached hydrogen (secondary N) is 1. The fourth-order valence-corrected chi connectivity index (χ4v) is 1.58. The zero-order valence-electron chi connectivity index (χ0n) is 7.81. The molecule has 1 fully saturated rings. The van der Waals surface area contributed by atoms with Crippen LogP contribution in [0.1, 0.15) is 6.42 Å². The van der Waals surface area contributed by atoms with Crippen LogP contribution in [-0.4, -0.2) is 17.6 Å². The normalized spacial score (nSPS) is 24.3. The van der Waals surface area contributed by atoms with Gasteiger partial charge in [-0.1, -0.05) is 18.2 Å². The first-order valence-corrected chi connectivity index (χ1v) is 4.79. The van der Waals surface area contributed by atoms with Crippen LogP contribution in [0.2, 0.25) is 0 Å². The number of carbonyl (C=O) groups is 1. The van der Waals surface area contributed by atoms with E-state index in [2.05, 4.69) is 5.32 Å². The van der Waals surface area contributed by atoms with Gasteiger partial charge < -0.3 is 10.4 Å². The van der Waals surface area contributed by atoms with E-state index in [1.165, 1.54) is 0 Å². The van der Waals surface area contributed by atoms with E-state index in [0.29, 0.717) is 5.92 Å². The van der Waals surface area contributed by atoms with Crippen LogP contribution >= 0.6 is 0 Å². The highest BCUT2D eigenvalue weighted by atomic mass is 16.4. The van der Waals surface area contributed by atoms with E-state index in [0.717, 1.165) is 18.7 Å². The maximum atomic E-state index is 10.6. The summed E-state index contributed by atoms with van der Waals surface area (Å²) < 4.78 is 0. The molecular formula is C11H13NO2. The van der Waals surface area contributed by atoms with Gasteiger partial charge in [-0.3, -0.25) is 4.79 Å². The molecule has 0 aliphatic heterocycles. The molecule has 2 rings (SSSR count). The summed E-state index contributed by atoms with van der Waals surface area (Å²) in [6.07, 6.45) is 0.815. The van der Waals surface area contributed by atoms with Crippen molar-refractivity contribution in [1.82, 2.24) is 0 Å². The van der Waals surface area contributed by atoms with Gasteiger partial charge in [0.25, 0.3) is 0 Å². The molecule has 3 nitrogen and oxygen atoms in total. The first-order valence-electron chi connectivity index (χ1n) is 4.79. The highest BCUT2D eigenvalue weighted by Gasteiger charge is 2.42. The Hall–Kier alpha value is -1.51. The number of rotatable bonds is 4. The number of aliphatic carboxylic acids is 1. The molecule has 0 bridgehead atoms. The molecule has 2 N–H and O–H groups in total. The molecule has 74 valence electrons. The minimum atomic E-state index is -0.662. The average molecular weight is 191 g/mol. The second kappa shape index (κ2) is 3.70. The Morgan fingerprint density at radius 2 is 2.14 bits per heavy atom. The molecule has 1 aliphatic carbocycles. The monoisotopic (exact) mass is 191 g/mol. The zero-order chi connectivity index (χ0) is 9.97. The minimum absolute atomic E-state index is 0.119. The third-order valence-electron chi connectivity index (χ3n) is 2.58. The second-order valence-electron chi connectivity index (χ2n) is 3.69. The molecule has 1 saturated carbocycles. The summed E-state index contributed by atoms with van der Waals surface area (Å²) in [7, 11) is 0. The van der Waals surface area contributed by atoms with Crippen molar-refractivity contribution >= 4 is 11.7 Å². The van der Waals surface area contributed by atoms with Crippen molar-refractivity contribution in [3.05, 3.63) is 30.3 Å². The lowest BCUT2D eigenvalue weighted by molar-refractivity contribution is -0.138. The quantitative estimate of drug-likeness (QED) is 0.763. The zero-order valence-corrected chi connectivity index (χ0v) is 7.81. The Morgan fingerprint density at radius 3 is 2.71 bits per heavy atom. The molecule has 0 unspecified atom stereocenters. The minimum Gasteiger partial charge on any atom is -0.481 e. The van der Waals surface area contributed by atoms with E-state index < -0.39 is 5.97 Å². The summed E-state index contributed by atoms with van der Waals surface area (Å²) in [6, 6.07) is 9.85. The van der Waals surface area contributed by atoms with Crippen LogP contribution in [-0.2, 0) is 4.79 Å². The van der Waals surface area contributed by atoms with Crippen LogP contribution < -0.4 is 5.32 Å². The molecule has 1 aromatic rings. The Bertz CT molecular complexity index is 323. The van der Waals surface area contributed by atoms with Crippen molar-refractivity contribution in [3.8, 4) is 0 Å². The lowest BCUT2D eigenvalue weighted by atomic mass is 10.3. The van der Waals surface area contributed by atoms with Gasteiger partial charge in [-0.15, -0.1) is 0 Å². The van der Waals surface area contributed by atoms with Crippen LogP contribution in [0.3, 0.4) is 0 Å². The van der Waals surface area contributed by atoms with E-state index in [9.17, 15) is 4.79 Å². The van der Waals surface area contributed by atoms with Crippen LogP contribution in [0.15, 0.2) is 30.3 Å². The van der Waals surface area contributed by atoms with Crippen LogP contribution in [0.4, 0.5) is 5.69 Å². The summed E-state index contributed by atoms with van der Waals surface area (Å²) in [5.41, 5.74) is 1.06. The van der Waals surface area contributed by atoms with Gasteiger partial charge in [0.2, 0.25) is 0 Å². The van der Waals surface area contributed by atoms with E-state index in [-0.39, 0.29) is 5.92 Å². The van der Waals surface area contributed by atoms with E-state index in [1.807, 2.05) is 30.3 Å². The predicted molar refractivity (Wildman–Crippen MR) is 54.2 cm³/mol. The van der Waals surface area contributed by atoms with Crippen molar-refractivity contribution in [3.63, 3.8) is 0 Å². The number of anilines is 1. The number of para-hydroxylation sites is 1. The van der Waals surface area contributed by atoms with Gasteiger partial charge >= 0.3 is 5.97 Å². The summed E-state index contributed by atoms with van der Waals surface area (Å²) in [6.45, 7) is 0.765. The molecule has 0 spiro atoms. The summed E-state index contributed by atoms with van der Waals surface area (Å²) >= 11 is 0. The molecule has 1 aromatic carbocycles. The maximum Gasteiger partial charge on any atom is 0.306 e. The van der Waals surface area contributed by atoms with Crippen LogP contribution in [0.5, 0.6) is 0 Å².